The maximum absolute atomic E-state index is 12.5. The number of aryl methyl sites for hydroxylation is 2. The Labute approximate surface area is 162 Å². The van der Waals surface area contributed by atoms with Gasteiger partial charge in [0.25, 0.3) is 5.91 Å². The number of fused-ring (bicyclic) bond motifs is 1. The Morgan fingerprint density at radius 3 is 2.36 bits per heavy atom. The lowest BCUT2D eigenvalue weighted by molar-refractivity contribution is 0.102. The summed E-state index contributed by atoms with van der Waals surface area (Å²) in [4.78, 5) is 25.4. The van der Waals surface area contributed by atoms with Gasteiger partial charge < -0.3 is 10.6 Å². The summed E-state index contributed by atoms with van der Waals surface area (Å²) in [7, 11) is 0. The highest BCUT2D eigenvalue weighted by Crippen LogP contribution is 2.23. The van der Waals surface area contributed by atoms with Gasteiger partial charge in [-0.25, -0.2) is 9.97 Å². The number of nitrogens with zero attached hydrogens (tertiary/aromatic N) is 3. The van der Waals surface area contributed by atoms with Crippen molar-refractivity contribution in [2.45, 2.75) is 13.8 Å². The van der Waals surface area contributed by atoms with E-state index in [4.69, 9.17) is 0 Å². The molecule has 138 valence electrons. The van der Waals surface area contributed by atoms with E-state index in [9.17, 15) is 4.79 Å². The molecule has 0 radical (unpaired) electrons. The van der Waals surface area contributed by atoms with Gasteiger partial charge in [0, 0.05) is 29.7 Å². The highest BCUT2D eigenvalue weighted by atomic mass is 16.1. The highest BCUT2D eigenvalue weighted by Gasteiger charge is 2.09. The molecule has 2 N–H and O–H groups in total. The quantitative estimate of drug-likeness (QED) is 0.548. The second-order valence-electron chi connectivity index (χ2n) is 6.63. The Kier molecular flexibility index (Phi) is 4.68. The fourth-order valence-corrected chi connectivity index (χ4v) is 3.09. The molecule has 2 heterocycles. The first-order valence-electron chi connectivity index (χ1n) is 8.91. The number of hydrogen-bond donors (Lipinski definition) is 2. The number of hydrogen-bond acceptors (Lipinski definition) is 5. The van der Waals surface area contributed by atoms with E-state index in [1.807, 2.05) is 56.3 Å². The van der Waals surface area contributed by atoms with Crippen LogP contribution in [0.3, 0.4) is 0 Å². The number of pyridine rings is 1. The molecular weight excluding hydrogens is 350 g/mol. The Balaban J connectivity index is 1.51. The van der Waals surface area contributed by atoms with Crippen LogP contribution in [0.2, 0.25) is 0 Å². The summed E-state index contributed by atoms with van der Waals surface area (Å²) in [6.07, 6.45) is 4.76. The molecule has 6 heteroatoms. The smallest absolute Gasteiger partial charge is 0.258 e. The molecule has 0 aliphatic carbocycles. The second-order valence-corrected chi connectivity index (χ2v) is 6.63. The fraction of sp³-hybridized carbons (Fsp3) is 0.0909. The zero-order valence-corrected chi connectivity index (χ0v) is 15.6. The Bertz CT molecular complexity index is 1130. The number of rotatable bonds is 4. The molecule has 2 aromatic carbocycles. The summed E-state index contributed by atoms with van der Waals surface area (Å²) in [6.45, 7) is 3.99. The average Bonchev–Trinajstić information content (AvgIpc) is 2.68. The van der Waals surface area contributed by atoms with Gasteiger partial charge in [0.15, 0.2) is 0 Å². The SMILES string of the molecule is Cc1cc(C)cc(NC(=O)c2cnc(Nc3cccc4cccnc34)nc2)c1. The lowest BCUT2D eigenvalue weighted by Gasteiger charge is -2.09. The molecule has 0 fully saturated rings. The molecule has 6 nitrogen and oxygen atoms in total. The van der Waals surface area contributed by atoms with Crippen LogP contribution >= 0.6 is 0 Å². The van der Waals surface area contributed by atoms with Gasteiger partial charge in [-0.05, 0) is 49.2 Å². The normalized spacial score (nSPS) is 10.6. The Hall–Kier alpha value is -3.80. The summed E-state index contributed by atoms with van der Waals surface area (Å²) in [5, 5.41) is 7.07. The van der Waals surface area contributed by atoms with E-state index in [1.54, 1.807) is 6.20 Å². The zero-order chi connectivity index (χ0) is 19.5. The third kappa shape index (κ3) is 3.81. The van der Waals surface area contributed by atoms with Gasteiger partial charge in [0.2, 0.25) is 5.95 Å². The minimum atomic E-state index is -0.247. The maximum atomic E-state index is 12.5. The van der Waals surface area contributed by atoms with E-state index in [-0.39, 0.29) is 5.91 Å². The van der Waals surface area contributed by atoms with Crippen LogP contribution in [-0.4, -0.2) is 20.9 Å². The van der Waals surface area contributed by atoms with Gasteiger partial charge in [-0.1, -0.05) is 24.3 Å². The van der Waals surface area contributed by atoms with Gasteiger partial charge in [0.1, 0.15) is 0 Å². The predicted octanol–water partition coefficient (Wildman–Crippen LogP) is 4.64. The first-order valence-corrected chi connectivity index (χ1v) is 8.91. The van der Waals surface area contributed by atoms with Gasteiger partial charge in [-0.15, -0.1) is 0 Å². The van der Waals surface area contributed by atoms with Crippen LogP contribution in [0.25, 0.3) is 10.9 Å². The highest BCUT2D eigenvalue weighted by molar-refractivity contribution is 6.04. The number of para-hydroxylation sites is 1. The number of amides is 1. The average molecular weight is 369 g/mol. The topological polar surface area (TPSA) is 79.8 Å². The summed E-state index contributed by atoms with van der Waals surface area (Å²) in [6, 6.07) is 15.7. The first kappa shape index (κ1) is 17.6. The van der Waals surface area contributed by atoms with Crippen molar-refractivity contribution in [3.63, 3.8) is 0 Å². The van der Waals surface area contributed by atoms with Crippen LogP contribution in [-0.2, 0) is 0 Å². The van der Waals surface area contributed by atoms with Crippen molar-refractivity contribution in [1.82, 2.24) is 15.0 Å². The molecule has 0 saturated carbocycles. The first-order chi connectivity index (χ1) is 13.6. The van der Waals surface area contributed by atoms with Gasteiger partial charge >= 0.3 is 0 Å². The molecular formula is C22H19N5O. The van der Waals surface area contributed by atoms with E-state index >= 15 is 0 Å². The van der Waals surface area contributed by atoms with Crippen molar-refractivity contribution in [2.24, 2.45) is 0 Å². The largest absolute Gasteiger partial charge is 0.322 e. The molecule has 2 aromatic heterocycles. The van der Waals surface area contributed by atoms with Crippen LogP contribution < -0.4 is 10.6 Å². The number of carbonyl (C=O) groups excluding carboxylic acids is 1. The lowest BCUT2D eigenvalue weighted by atomic mass is 10.1. The molecule has 28 heavy (non-hydrogen) atoms. The number of benzene rings is 2. The predicted molar refractivity (Wildman–Crippen MR) is 111 cm³/mol. The van der Waals surface area contributed by atoms with Crippen LogP contribution in [0.4, 0.5) is 17.3 Å². The monoisotopic (exact) mass is 369 g/mol. The molecule has 0 spiro atoms. The van der Waals surface area contributed by atoms with Gasteiger partial charge in [-0.3, -0.25) is 9.78 Å². The summed E-state index contributed by atoms with van der Waals surface area (Å²) >= 11 is 0. The van der Waals surface area contributed by atoms with Crippen LogP contribution in [0.5, 0.6) is 0 Å². The van der Waals surface area contributed by atoms with Crippen molar-refractivity contribution in [2.75, 3.05) is 10.6 Å². The minimum Gasteiger partial charge on any atom is -0.322 e. The van der Waals surface area contributed by atoms with E-state index in [0.29, 0.717) is 11.5 Å². The van der Waals surface area contributed by atoms with E-state index in [1.165, 1.54) is 12.4 Å². The molecule has 0 unspecified atom stereocenters. The molecule has 0 bridgehead atoms. The number of carbonyl (C=O) groups is 1. The van der Waals surface area contributed by atoms with Crippen molar-refractivity contribution in [3.05, 3.63) is 83.8 Å². The van der Waals surface area contributed by atoms with Crippen LogP contribution in [0.1, 0.15) is 21.5 Å². The van der Waals surface area contributed by atoms with Gasteiger partial charge in [0.05, 0.1) is 16.8 Å². The van der Waals surface area contributed by atoms with Crippen LogP contribution in [0.15, 0.2) is 67.1 Å². The maximum Gasteiger partial charge on any atom is 0.258 e. The third-order valence-corrected chi connectivity index (χ3v) is 4.27. The van der Waals surface area contributed by atoms with Crippen molar-refractivity contribution in [3.8, 4) is 0 Å². The standard InChI is InChI=1S/C22H19N5O/c1-14-9-15(2)11-18(10-14)26-21(28)17-12-24-22(25-13-17)27-19-7-3-5-16-6-4-8-23-20(16)19/h3-13H,1-2H3,(H,26,28)(H,24,25,27). The lowest BCUT2D eigenvalue weighted by Crippen LogP contribution is -2.13. The molecule has 0 saturated heterocycles. The fourth-order valence-electron chi connectivity index (χ4n) is 3.09. The molecule has 0 aliphatic heterocycles. The molecule has 4 rings (SSSR count). The van der Waals surface area contributed by atoms with Crippen LogP contribution in [0, 0.1) is 13.8 Å². The second kappa shape index (κ2) is 7.44. The molecule has 1 amide bonds. The number of aromatic nitrogens is 3. The minimum absolute atomic E-state index is 0.247. The number of anilines is 3. The van der Waals surface area contributed by atoms with Crippen molar-refractivity contribution >= 4 is 34.1 Å². The van der Waals surface area contributed by atoms with Crippen molar-refractivity contribution < 1.29 is 4.79 Å². The molecule has 0 aliphatic rings. The van der Waals surface area contributed by atoms with E-state index < -0.39 is 0 Å². The van der Waals surface area contributed by atoms with E-state index in [2.05, 4.69) is 31.7 Å². The summed E-state index contributed by atoms with van der Waals surface area (Å²) in [5.74, 6) is 0.157. The summed E-state index contributed by atoms with van der Waals surface area (Å²) < 4.78 is 0. The summed E-state index contributed by atoms with van der Waals surface area (Å²) in [5.41, 5.74) is 4.98. The Morgan fingerprint density at radius 2 is 1.61 bits per heavy atom. The number of nitrogens with one attached hydrogen (secondary N) is 2. The van der Waals surface area contributed by atoms with E-state index in [0.717, 1.165) is 33.4 Å². The Morgan fingerprint density at radius 1 is 0.893 bits per heavy atom. The third-order valence-electron chi connectivity index (χ3n) is 4.27. The molecule has 0 atom stereocenters. The molecule has 4 aromatic rings. The zero-order valence-electron chi connectivity index (χ0n) is 15.6. The van der Waals surface area contributed by atoms with Gasteiger partial charge in [-0.2, -0.15) is 0 Å². The van der Waals surface area contributed by atoms with Crippen molar-refractivity contribution in [1.29, 1.82) is 0 Å².